The van der Waals surface area contributed by atoms with Crippen LogP contribution in [-0.2, 0) is 11.2 Å². The minimum absolute atomic E-state index is 0.187. The van der Waals surface area contributed by atoms with E-state index >= 15 is 0 Å². The van der Waals surface area contributed by atoms with Crippen LogP contribution in [0.5, 0.6) is 0 Å². The lowest BCUT2D eigenvalue weighted by molar-refractivity contribution is -0.119. The summed E-state index contributed by atoms with van der Waals surface area (Å²) in [5, 5.41) is 2.96. The van der Waals surface area contributed by atoms with E-state index in [0.717, 1.165) is 18.5 Å². The van der Waals surface area contributed by atoms with E-state index in [1.165, 1.54) is 4.88 Å². The molecule has 1 amide bonds. The van der Waals surface area contributed by atoms with Crippen LogP contribution in [0.25, 0.3) is 0 Å². The molecule has 70 valence electrons. The quantitative estimate of drug-likeness (QED) is 0.774. The molecule has 0 aromatic carbocycles. The van der Waals surface area contributed by atoms with E-state index in [4.69, 9.17) is 0 Å². The Balaban J connectivity index is 1.99. The Morgan fingerprint density at radius 1 is 1.77 bits per heavy atom. The summed E-state index contributed by atoms with van der Waals surface area (Å²) in [6.45, 7) is 2.02. The second-order valence-electron chi connectivity index (χ2n) is 3.37. The maximum absolute atomic E-state index is 10.9. The number of nitrogens with zero attached hydrogens (tertiary/aromatic N) is 1. The molecule has 1 N–H and O–H groups in total. The fourth-order valence-corrected chi connectivity index (χ4v) is 2.44. The predicted octanol–water partition coefficient (Wildman–Crippen LogP) is 1.27. The third kappa shape index (κ3) is 1.88. The van der Waals surface area contributed by atoms with Crippen LogP contribution in [-0.4, -0.2) is 16.9 Å². The molecule has 1 saturated heterocycles. The van der Waals surface area contributed by atoms with Gasteiger partial charge in [0.2, 0.25) is 5.91 Å². The predicted molar refractivity (Wildman–Crippen MR) is 51.7 cm³/mol. The molecule has 0 spiro atoms. The summed E-state index contributed by atoms with van der Waals surface area (Å²) in [6.07, 6.45) is 2.60. The van der Waals surface area contributed by atoms with Gasteiger partial charge in [-0.3, -0.25) is 4.79 Å². The molecule has 13 heavy (non-hydrogen) atoms. The van der Waals surface area contributed by atoms with Gasteiger partial charge >= 0.3 is 0 Å². The third-order valence-corrected chi connectivity index (χ3v) is 3.32. The first kappa shape index (κ1) is 8.69. The SMILES string of the molecule is Cc1ncsc1CC1CCC(=O)N1. The molecule has 4 heteroatoms. The van der Waals surface area contributed by atoms with Crippen LogP contribution >= 0.6 is 11.3 Å². The average Bonchev–Trinajstić information content (AvgIpc) is 2.64. The van der Waals surface area contributed by atoms with Crippen molar-refractivity contribution in [2.45, 2.75) is 32.2 Å². The van der Waals surface area contributed by atoms with E-state index in [1.54, 1.807) is 11.3 Å². The van der Waals surface area contributed by atoms with Crippen molar-refractivity contribution in [3.05, 3.63) is 16.1 Å². The van der Waals surface area contributed by atoms with Crippen LogP contribution in [0.15, 0.2) is 5.51 Å². The van der Waals surface area contributed by atoms with Crippen molar-refractivity contribution in [1.82, 2.24) is 10.3 Å². The Bertz CT molecular complexity index is 321. The number of carbonyl (C=O) groups is 1. The number of amides is 1. The number of rotatable bonds is 2. The van der Waals surface area contributed by atoms with Gasteiger partial charge in [-0.2, -0.15) is 0 Å². The summed E-state index contributed by atoms with van der Waals surface area (Å²) in [6, 6.07) is 0.339. The van der Waals surface area contributed by atoms with Gasteiger partial charge in [0.25, 0.3) is 0 Å². The van der Waals surface area contributed by atoms with Gasteiger partial charge in [-0.25, -0.2) is 4.98 Å². The molecule has 2 heterocycles. The molecule has 0 radical (unpaired) electrons. The molecule has 1 unspecified atom stereocenters. The molecule has 1 aromatic rings. The van der Waals surface area contributed by atoms with Crippen molar-refractivity contribution in [2.24, 2.45) is 0 Å². The van der Waals surface area contributed by atoms with Crippen LogP contribution in [0.3, 0.4) is 0 Å². The molecule has 3 nitrogen and oxygen atoms in total. The molecule has 0 bridgehead atoms. The Morgan fingerprint density at radius 3 is 3.15 bits per heavy atom. The van der Waals surface area contributed by atoms with E-state index in [0.29, 0.717) is 12.5 Å². The van der Waals surface area contributed by atoms with E-state index in [1.807, 2.05) is 12.4 Å². The van der Waals surface area contributed by atoms with Gasteiger partial charge in [-0.15, -0.1) is 11.3 Å². The van der Waals surface area contributed by atoms with Crippen molar-refractivity contribution in [2.75, 3.05) is 0 Å². The van der Waals surface area contributed by atoms with Crippen molar-refractivity contribution in [3.8, 4) is 0 Å². The maximum Gasteiger partial charge on any atom is 0.220 e. The third-order valence-electron chi connectivity index (χ3n) is 2.36. The van der Waals surface area contributed by atoms with Crippen LogP contribution in [0, 0.1) is 6.92 Å². The number of nitrogens with one attached hydrogen (secondary N) is 1. The summed E-state index contributed by atoms with van der Waals surface area (Å²) < 4.78 is 0. The molecule has 1 aliphatic heterocycles. The molecular weight excluding hydrogens is 184 g/mol. The fourth-order valence-electron chi connectivity index (χ4n) is 1.58. The minimum atomic E-state index is 0.187. The van der Waals surface area contributed by atoms with Gasteiger partial charge in [-0.1, -0.05) is 0 Å². The number of aromatic nitrogens is 1. The van der Waals surface area contributed by atoms with Crippen molar-refractivity contribution in [1.29, 1.82) is 0 Å². The standard InChI is InChI=1S/C9H12N2OS/c1-6-8(13-5-10-6)4-7-2-3-9(12)11-7/h5,7H,2-4H2,1H3,(H,11,12). The van der Waals surface area contributed by atoms with Crippen molar-refractivity contribution in [3.63, 3.8) is 0 Å². The number of thiazole rings is 1. The lowest BCUT2D eigenvalue weighted by Crippen LogP contribution is -2.27. The van der Waals surface area contributed by atoms with E-state index in [2.05, 4.69) is 10.3 Å². The van der Waals surface area contributed by atoms with Gasteiger partial charge in [0.1, 0.15) is 0 Å². The van der Waals surface area contributed by atoms with Crippen molar-refractivity contribution < 1.29 is 4.79 Å². The largest absolute Gasteiger partial charge is 0.353 e. The lowest BCUT2D eigenvalue weighted by Gasteiger charge is -2.07. The fraction of sp³-hybridized carbons (Fsp3) is 0.556. The Kier molecular flexibility index (Phi) is 2.31. The number of hydrogen-bond acceptors (Lipinski definition) is 3. The monoisotopic (exact) mass is 196 g/mol. The Morgan fingerprint density at radius 2 is 2.62 bits per heavy atom. The number of hydrogen-bond donors (Lipinski definition) is 1. The van der Waals surface area contributed by atoms with Gasteiger partial charge < -0.3 is 5.32 Å². The molecule has 0 aliphatic carbocycles. The number of aryl methyl sites for hydroxylation is 1. The topological polar surface area (TPSA) is 42.0 Å². The van der Waals surface area contributed by atoms with E-state index < -0.39 is 0 Å². The van der Waals surface area contributed by atoms with Gasteiger partial charge in [-0.05, 0) is 13.3 Å². The van der Waals surface area contributed by atoms with Gasteiger partial charge in [0.15, 0.2) is 0 Å². The molecular formula is C9H12N2OS. The van der Waals surface area contributed by atoms with E-state index in [-0.39, 0.29) is 5.91 Å². The zero-order chi connectivity index (χ0) is 9.26. The molecule has 0 saturated carbocycles. The molecule has 1 aliphatic rings. The summed E-state index contributed by atoms with van der Waals surface area (Å²) >= 11 is 1.68. The highest BCUT2D eigenvalue weighted by atomic mass is 32.1. The van der Waals surface area contributed by atoms with Gasteiger partial charge in [0, 0.05) is 23.8 Å². The highest BCUT2D eigenvalue weighted by Gasteiger charge is 2.21. The highest BCUT2D eigenvalue weighted by Crippen LogP contribution is 2.18. The average molecular weight is 196 g/mol. The lowest BCUT2D eigenvalue weighted by atomic mass is 10.1. The van der Waals surface area contributed by atoms with E-state index in [9.17, 15) is 4.79 Å². The summed E-state index contributed by atoms with van der Waals surface area (Å²) in [5.74, 6) is 0.187. The zero-order valence-electron chi connectivity index (χ0n) is 7.54. The van der Waals surface area contributed by atoms with Crippen LogP contribution in [0.1, 0.15) is 23.4 Å². The summed E-state index contributed by atoms with van der Waals surface area (Å²) in [7, 11) is 0. The molecule has 2 rings (SSSR count). The van der Waals surface area contributed by atoms with Crippen molar-refractivity contribution >= 4 is 17.2 Å². The Hall–Kier alpha value is -0.900. The minimum Gasteiger partial charge on any atom is -0.353 e. The second-order valence-corrected chi connectivity index (χ2v) is 4.31. The first-order valence-corrected chi connectivity index (χ1v) is 5.32. The second kappa shape index (κ2) is 3.46. The van der Waals surface area contributed by atoms with Crippen LogP contribution < -0.4 is 5.32 Å². The van der Waals surface area contributed by atoms with Crippen LogP contribution in [0.2, 0.25) is 0 Å². The first-order chi connectivity index (χ1) is 6.25. The molecule has 1 fully saturated rings. The molecule has 1 atom stereocenters. The van der Waals surface area contributed by atoms with Crippen LogP contribution in [0.4, 0.5) is 0 Å². The summed E-state index contributed by atoms with van der Waals surface area (Å²) in [5.41, 5.74) is 2.97. The van der Waals surface area contributed by atoms with Gasteiger partial charge in [0.05, 0.1) is 11.2 Å². The molecule has 1 aromatic heterocycles. The Labute approximate surface area is 81.2 Å². The zero-order valence-corrected chi connectivity index (χ0v) is 8.36. The summed E-state index contributed by atoms with van der Waals surface area (Å²) in [4.78, 5) is 16.4. The first-order valence-electron chi connectivity index (χ1n) is 4.44. The smallest absolute Gasteiger partial charge is 0.220 e. The maximum atomic E-state index is 10.9. The number of carbonyl (C=O) groups excluding carboxylic acids is 1. The normalized spacial score (nSPS) is 21.9. The highest BCUT2D eigenvalue weighted by molar-refractivity contribution is 7.09.